The number of pyridine rings is 1. The molecule has 9 rings (SSSR count). The quantitative estimate of drug-likeness (QED) is 0.214. The topological polar surface area (TPSA) is 43.9 Å². The van der Waals surface area contributed by atoms with Gasteiger partial charge in [0.15, 0.2) is 0 Å². The number of rotatable bonds is 4. The Hall–Kier alpha value is -6.00. The monoisotopic (exact) mass is 563 g/mol. The van der Waals surface area contributed by atoms with Crippen molar-refractivity contribution in [2.24, 2.45) is 0 Å². The van der Waals surface area contributed by atoms with Crippen molar-refractivity contribution in [2.75, 3.05) is 0 Å². The lowest BCUT2D eigenvalue weighted by atomic mass is 9.99. The summed E-state index contributed by atoms with van der Waals surface area (Å²) in [6.45, 7) is 0. The Bertz CT molecular complexity index is 2470. The predicted octanol–water partition coefficient (Wildman–Crippen LogP) is 10.5. The lowest BCUT2D eigenvalue weighted by Gasteiger charge is -2.11. The molecular formula is C40H25N3O. The summed E-state index contributed by atoms with van der Waals surface area (Å²) < 4.78 is 8.62. The Kier molecular flexibility index (Phi) is 5.47. The fourth-order valence-corrected chi connectivity index (χ4v) is 6.31. The smallest absolute Gasteiger partial charge is 0.147 e. The number of benzene rings is 6. The Morgan fingerprint density at radius 3 is 1.86 bits per heavy atom. The predicted molar refractivity (Wildman–Crippen MR) is 180 cm³/mol. The van der Waals surface area contributed by atoms with Crippen molar-refractivity contribution in [2.45, 2.75) is 0 Å². The molecule has 0 bridgehead atoms. The van der Waals surface area contributed by atoms with E-state index in [1.165, 1.54) is 0 Å². The Morgan fingerprint density at radius 2 is 1.07 bits per heavy atom. The second-order valence-corrected chi connectivity index (χ2v) is 11.0. The first kappa shape index (κ1) is 24.6. The van der Waals surface area contributed by atoms with Crippen LogP contribution in [0.15, 0.2) is 156 Å². The first-order chi connectivity index (χ1) is 21.8. The number of hydrogen-bond acceptors (Lipinski definition) is 3. The zero-order valence-corrected chi connectivity index (χ0v) is 23.7. The summed E-state index contributed by atoms with van der Waals surface area (Å²) in [6.07, 6.45) is 0. The maximum atomic E-state index is 6.38. The molecule has 3 aromatic heterocycles. The van der Waals surface area contributed by atoms with Crippen LogP contribution >= 0.6 is 0 Å². The molecule has 0 saturated carbocycles. The van der Waals surface area contributed by atoms with Gasteiger partial charge in [-0.25, -0.2) is 9.97 Å². The van der Waals surface area contributed by atoms with Crippen LogP contribution in [0.1, 0.15) is 0 Å². The molecule has 0 amide bonds. The first-order valence-electron chi connectivity index (χ1n) is 14.8. The number of hydrogen-bond donors (Lipinski definition) is 0. The zero-order valence-electron chi connectivity index (χ0n) is 23.7. The molecule has 0 unspecified atom stereocenters. The van der Waals surface area contributed by atoms with E-state index < -0.39 is 0 Å². The van der Waals surface area contributed by atoms with Gasteiger partial charge in [-0.05, 0) is 53.6 Å². The second kappa shape index (κ2) is 9.79. The second-order valence-electron chi connectivity index (χ2n) is 11.0. The number of furan rings is 1. The summed E-state index contributed by atoms with van der Waals surface area (Å²) in [6, 6.07) is 52.5. The number of aromatic nitrogens is 3. The van der Waals surface area contributed by atoms with Crippen LogP contribution in [0.3, 0.4) is 0 Å². The number of nitrogens with zero attached hydrogens (tertiary/aromatic N) is 3. The highest BCUT2D eigenvalue weighted by atomic mass is 16.3. The zero-order chi connectivity index (χ0) is 29.0. The van der Waals surface area contributed by atoms with E-state index in [0.717, 1.165) is 83.3 Å². The number of para-hydroxylation sites is 4. The van der Waals surface area contributed by atoms with E-state index in [4.69, 9.17) is 14.4 Å². The molecule has 0 atom stereocenters. The molecule has 0 aliphatic rings. The molecule has 0 aliphatic carbocycles. The number of imidazole rings is 1. The van der Waals surface area contributed by atoms with Crippen LogP contribution in [0, 0.1) is 0 Å². The van der Waals surface area contributed by atoms with Crippen LogP contribution in [-0.4, -0.2) is 14.5 Å². The minimum atomic E-state index is 0.875. The third kappa shape index (κ3) is 3.85. The van der Waals surface area contributed by atoms with E-state index in [2.05, 4.69) is 114 Å². The summed E-state index contributed by atoms with van der Waals surface area (Å²) >= 11 is 0. The maximum Gasteiger partial charge on any atom is 0.147 e. The van der Waals surface area contributed by atoms with Gasteiger partial charge < -0.3 is 4.42 Å². The van der Waals surface area contributed by atoms with Crippen molar-refractivity contribution in [3.8, 4) is 39.5 Å². The molecule has 0 N–H and O–H groups in total. The van der Waals surface area contributed by atoms with Crippen LogP contribution in [0.25, 0.3) is 83.3 Å². The lowest BCUT2D eigenvalue weighted by molar-refractivity contribution is 0.672. The Balaban J connectivity index is 1.12. The molecule has 4 heteroatoms. The van der Waals surface area contributed by atoms with E-state index >= 15 is 0 Å². The van der Waals surface area contributed by atoms with Crippen LogP contribution in [0.5, 0.6) is 0 Å². The summed E-state index contributed by atoms with van der Waals surface area (Å²) in [5.74, 6) is 0.935. The third-order valence-corrected chi connectivity index (χ3v) is 8.42. The summed E-state index contributed by atoms with van der Waals surface area (Å²) in [5.41, 5.74) is 11.2. The minimum absolute atomic E-state index is 0.875. The molecule has 0 spiro atoms. The molecule has 9 aromatic rings. The van der Waals surface area contributed by atoms with Crippen LogP contribution in [-0.2, 0) is 0 Å². The minimum Gasteiger partial charge on any atom is -0.455 e. The lowest BCUT2D eigenvalue weighted by Crippen LogP contribution is -1.97. The van der Waals surface area contributed by atoms with E-state index in [9.17, 15) is 0 Å². The Labute approximate surface area is 253 Å². The van der Waals surface area contributed by atoms with Gasteiger partial charge in [0, 0.05) is 27.6 Å². The summed E-state index contributed by atoms with van der Waals surface area (Å²) in [5, 5.41) is 3.16. The molecule has 206 valence electrons. The third-order valence-electron chi connectivity index (χ3n) is 8.42. The number of fused-ring (bicyclic) bond motifs is 6. The highest BCUT2D eigenvalue weighted by Crippen LogP contribution is 2.39. The van der Waals surface area contributed by atoms with E-state index in [-0.39, 0.29) is 0 Å². The van der Waals surface area contributed by atoms with Crippen molar-refractivity contribution in [3.63, 3.8) is 0 Å². The fraction of sp³-hybridized carbons (Fsp3) is 0. The molecular weight excluding hydrogens is 538 g/mol. The molecule has 0 fully saturated rings. The van der Waals surface area contributed by atoms with Gasteiger partial charge in [0.2, 0.25) is 0 Å². The standard InChI is InChI=1S/C40H25N3O/c1-2-10-29(11-3-1)40-42-34-15-7-8-16-35(34)43(40)30-24-22-27(23-25-30)26-18-20-28(21-19-26)38-37-32-13-5-9-17-36(32)44-39(37)31-12-4-6-14-33(31)41-38/h1-25H. The van der Waals surface area contributed by atoms with Gasteiger partial charge in [-0.1, -0.05) is 109 Å². The molecule has 3 heterocycles. The summed E-state index contributed by atoms with van der Waals surface area (Å²) in [4.78, 5) is 10.1. The van der Waals surface area contributed by atoms with Gasteiger partial charge in [-0.3, -0.25) is 4.57 Å². The molecule has 0 aliphatic heterocycles. The fourth-order valence-electron chi connectivity index (χ4n) is 6.31. The van der Waals surface area contributed by atoms with Gasteiger partial charge in [-0.2, -0.15) is 0 Å². The van der Waals surface area contributed by atoms with Gasteiger partial charge in [0.1, 0.15) is 17.0 Å². The molecule has 0 saturated heterocycles. The summed E-state index contributed by atoms with van der Waals surface area (Å²) in [7, 11) is 0. The maximum absolute atomic E-state index is 6.38. The van der Waals surface area contributed by atoms with Crippen molar-refractivity contribution < 1.29 is 4.42 Å². The van der Waals surface area contributed by atoms with Crippen molar-refractivity contribution in [3.05, 3.63) is 152 Å². The van der Waals surface area contributed by atoms with E-state index in [0.29, 0.717) is 0 Å². The van der Waals surface area contributed by atoms with Crippen LogP contribution in [0.4, 0.5) is 0 Å². The van der Waals surface area contributed by atoms with Crippen molar-refractivity contribution >= 4 is 43.9 Å². The average molecular weight is 564 g/mol. The van der Waals surface area contributed by atoms with Crippen molar-refractivity contribution in [1.82, 2.24) is 14.5 Å². The van der Waals surface area contributed by atoms with Crippen molar-refractivity contribution in [1.29, 1.82) is 0 Å². The first-order valence-corrected chi connectivity index (χ1v) is 14.8. The van der Waals surface area contributed by atoms with Gasteiger partial charge in [0.25, 0.3) is 0 Å². The average Bonchev–Trinajstić information content (AvgIpc) is 3.68. The Morgan fingerprint density at radius 1 is 0.455 bits per heavy atom. The molecule has 4 nitrogen and oxygen atoms in total. The van der Waals surface area contributed by atoms with Gasteiger partial charge in [-0.15, -0.1) is 0 Å². The highest BCUT2D eigenvalue weighted by Gasteiger charge is 2.18. The highest BCUT2D eigenvalue weighted by molar-refractivity contribution is 6.19. The molecule has 0 radical (unpaired) electrons. The van der Waals surface area contributed by atoms with Crippen LogP contribution in [0.2, 0.25) is 0 Å². The normalized spacial score (nSPS) is 11.6. The van der Waals surface area contributed by atoms with E-state index in [1.54, 1.807) is 0 Å². The van der Waals surface area contributed by atoms with Gasteiger partial charge in [0.05, 0.1) is 27.6 Å². The molecule has 6 aromatic carbocycles. The SMILES string of the molecule is c1ccc(-c2nc3ccccc3n2-c2ccc(-c3ccc(-c4nc5ccccc5c5oc6ccccc6c45)cc3)cc2)cc1. The molecule has 44 heavy (non-hydrogen) atoms. The van der Waals surface area contributed by atoms with Gasteiger partial charge >= 0.3 is 0 Å². The van der Waals surface area contributed by atoms with E-state index in [1.807, 2.05) is 42.5 Å². The van der Waals surface area contributed by atoms with Crippen LogP contribution < -0.4 is 0 Å². The largest absolute Gasteiger partial charge is 0.455 e.